The highest BCUT2D eigenvalue weighted by molar-refractivity contribution is 7.86. The lowest BCUT2D eigenvalue weighted by Gasteiger charge is -2.17. The van der Waals surface area contributed by atoms with Crippen LogP contribution in [0.2, 0.25) is 0 Å². The Hall–Kier alpha value is -1.08. The second kappa shape index (κ2) is 5.71. The molecule has 7 heteroatoms. The molecule has 0 radical (unpaired) electrons. The van der Waals surface area contributed by atoms with Crippen LogP contribution in [0.4, 0.5) is 13.2 Å². The summed E-state index contributed by atoms with van der Waals surface area (Å²) in [6.07, 6.45) is -6.16. The van der Waals surface area contributed by atoms with Gasteiger partial charge in [-0.2, -0.15) is 21.6 Å². The van der Waals surface area contributed by atoms with Crippen molar-refractivity contribution in [3.05, 3.63) is 35.9 Å². The van der Waals surface area contributed by atoms with Gasteiger partial charge in [-0.05, 0) is 12.0 Å². The number of halogens is 3. The van der Waals surface area contributed by atoms with Gasteiger partial charge in [0.2, 0.25) is 0 Å². The topological polar surface area (TPSA) is 43.4 Å². The van der Waals surface area contributed by atoms with Crippen molar-refractivity contribution in [2.75, 3.05) is 6.26 Å². The maximum absolute atomic E-state index is 12.2. The van der Waals surface area contributed by atoms with Gasteiger partial charge < -0.3 is 0 Å². The van der Waals surface area contributed by atoms with E-state index in [-0.39, 0.29) is 0 Å². The summed E-state index contributed by atoms with van der Waals surface area (Å²) in [5, 5.41) is 0. The smallest absolute Gasteiger partial charge is 0.262 e. The molecular formula is C11H13F3O3S. The molecule has 0 saturated heterocycles. The first-order valence-corrected chi connectivity index (χ1v) is 6.99. The van der Waals surface area contributed by atoms with Crippen LogP contribution in [0.15, 0.2) is 30.3 Å². The molecule has 1 aromatic rings. The Balaban J connectivity index is 2.83. The normalized spacial score (nSPS) is 14.4. The summed E-state index contributed by atoms with van der Waals surface area (Å²) in [6.45, 7) is 0. The Morgan fingerprint density at radius 1 is 1.22 bits per heavy atom. The third-order valence-corrected chi connectivity index (χ3v) is 2.73. The van der Waals surface area contributed by atoms with Gasteiger partial charge in [0.25, 0.3) is 10.1 Å². The molecule has 0 spiro atoms. The molecule has 3 nitrogen and oxygen atoms in total. The third-order valence-electron chi connectivity index (χ3n) is 2.15. The zero-order valence-corrected chi connectivity index (χ0v) is 10.5. The molecule has 0 bridgehead atoms. The lowest BCUT2D eigenvalue weighted by Crippen LogP contribution is -2.15. The van der Waals surface area contributed by atoms with E-state index in [9.17, 15) is 21.6 Å². The molecule has 1 unspecified atom stereocenters. The molecule has 0 aliphatic heterocycles. The Morgan fingerprint density at radius 3 is 2.22 bits per heavy atom. The van der Waals surface area contributed by atoms with Crippen LogP contribution < -0.4 is 0 Å². The van der Waals surface area contributed by atoms with Crippen molar-refractivity contribution in [3.8, 4) is 0 Å². The zero-order valence-electron chi connectivity index (χ0n) is 9.65. The first kappa shape index (κ1) is 15.0. The molecule has 0 fully saturated rings. The second-order valence-electron chi connectivity index (χ2n) is 3.85. The fourth-order valence-corrected chi connectivity index (χ4v) is 2.07. The van der Waals surface area contributed by atoms with E-state index < -0.39 is 35.2 Å². The first-order chi connectivity index (χ1) is 8.17. The van der Waals surface area contributed by atoms with Crippen LogP contribution in [-0.4, -0.2) is 20.8 Å². The Morgan fingerprint density at radius 2 is 1.78 bits per heavy atom. The summed E-state index contributed by atoms with van der Waals surface area (Å²) in [5.41, 5.74) is 0.409. The van der Waals surface area contributed by atoms with Crippen LogP contribution in [-0.2, 0) is 14.3 Å². The van der Waals surface area contributed by atoms with Crippen molar-refractivity contribution in [1.29, 1.82) is 0 Å². The number of alkyl halides is 3. The van der Waals surface area contributed by atoms with Crippen molar-refractivity contribution < 1.29 is 25.8 Å². The van der Waals surface area contributed by atoms with E-state index in [1.807, 2.05) is 0 Å². The largest absolute Gasteiger partial charge is 0.389 e. The van der Waals surface area contributed by atoms with Crippen LogP contribution >= 0.6 is 0 Å². The average molecular weight is 282 g/mol. The van der Waals surface area contributed by atoms with Gasteiger partial charge in [-0.3, -0.25) is 4.18 Å². The fraction of sp³-hybridized carbons (Fsp3) is 0.455. The van der Waals surface area contributed by atoms with Crippen molar-refractivity contribution in [2.24, 2.45) is 0 Å². The summed E-state index contributed by atoms with van der Waals surface area (Å²) in [5.74, 6) is 0. The number of hydrogen-bond acceptors (Lipinski definition) is 3. The molecule has 1 rings (SSSR count). The first-order valence-electron chi connectivity index (χ1n) is 5.17. The third kappa shape index (κ3) is 6.02. The summed E-state index contributed by atoms with van der Waals surface area (Å²) >= 11 is 0. The lowest BCUT2D eigenvalue weighted by molar-refractivity contribution is -0.139. The summed E-state index contributed by atoms with van der Waals surface area (Å²) < 4.78 is 63.2. The fourth-order valence-electron chi connectivity index (χ4n) is 1.44. The molecule has 0 saturated carbocycles. The molecule has 0 aliphatic rings. The van der Waals surface area contributed by atoms with Gasteiger partial charge in [0.05, 0.1) is 6.26 Å². The molecule has 1 aromatic carbocycles. The van der Waals surface area contributed by atoms with Crippen molar-refractivity contribution in [1.82, 2.24) is 0 Å². The highest BCUT2D eigenvalue weighted by atomic mass is 32.2. The highest BCUT2D eigenvalue weighted by Gasteiger charge is 2.30. The monoisotopic (exact) mass is 282 g/mol. The molecule has 0 aliphatic carbocycles. The van der Waals surface area contributed by atoms with Gasteiger partial charge in [-0.15, -0.1) is 0 Å². The summed E-state index contributed by atoms with van der Waals surface area (Å²) in [7, 11) is -3.81. The Labute approximate surface area is 104 Å². The second-order valence-corrected chi connectivity index (χ2v) is 5.45. The lowest BCUT2D eigenvalue weighted by atomic mass is 10.1. The van der Waals surface area contributed by atoms with E-state index in [0.29, 0.717) is 5.56 Å². The minimum atomic E-state index is -4.34. The van der Waals surface area contributed by atoms with Gasteiger partial charge in [0.1, 0.15) is 6.10 Å². The van der Waals surface area contributed by atoms with E-state index in [0.717, 1.165) is 6.26 Å². The number of hydrogen-bond donors (Lipinski definition) is 0. The Bertz CT molecular complexity index is 468. The van der Waals surface area contributed by atoms with E-state index in [4.69, 9.17) is 4.18 Å². The highest BCUT2D eigenvalue weighted by Crippen LogP contribution is 2.30. The van der Waals surface area contributed by atoms with Crippen molar-refractivity contribution >= 4 is 10.1 Å². The van der Waals surface area contributed by atoms with E-state index in [1.54, 1.807) is 18.2 Å². The average Bonchev–Trinajstić information content (AvgIpc) is 2.23. The molecular weight excluding hydrogens is 269 g/mol. The molecule has 0 N–H and O–H groups in total. The van der Waals surface area contributed by atoms with Gasteiger partial charge in [-0.1, -0.05) is 30.3 Å². The van der Waals surface area contributed by atoms with Crippen molar-refractivity contribution in [3.63, 3.8) is 0 Å². The van der Waals surface area contributed by atoms with Crippen LogP contribution in [0, 0.1) is 0 Å². The maximum Gasteiger partial charge on any atom is 0.389 e. The SMILES string of the molecule is CS(=O)(=O)OC(CCC(F)(F)F)c1ccccc1. The minimum Gasteiger partial charge on any atom is -0.262 e. The molecule has 0 aromatic heterocycles. The molecule has 102 valence electrons. The van der Waals surface area contributed by atoms with Crippen LogP contribution in [0.1, 0.15) is 24.5 Å². The summed E-state index contributed by atoms with van der Waals surface area (Å²) in [4.78, 5) is 0. The number of rotatable bonds is 5. The van der Waals surface area contributed by atoms with Crippen LogP contribution in [0.25, 0.3) is 0 Å². The molecule has 0 amide bonds. The van der Waals surface area contributed by atoms with E-state index in [1.165, 1.54) is 12.1 Å². The van der Waals surface area contributed by atoms with Crippen LogP contribution in [0.5, 0.6) is 0 Å². The van der Waals surface area contributed by atoms with Gasteiger partial charge in [-0.25, -0.2) is 0 Å². The van der Waals surface area contributed by atoms with Gasteiger partial charge >= 0.3 is 6.18 Å². The number of benzene rings is 1. The van der Waals surface area contributed by atoms with E-state index >= 15 is 0 Å². The Kier molecular flexibility index (Phi) is 4.75. The maximum atomic E-state index is 12.2. The van der Waals surface area contributed by atoms with E-state index in [2.05, 4.69) is 0 Å². The quantitative estimate of drug-likeness (QED) is 0.780. The van der Waals surface area contributed by atoms with Crippen LogP contribution in [0.3, 0.4) is 0 Å². The van der Waals surface area contributed by atoms with Gasteiger partial charge in [0, 0.05) is 6.42 Å². The minimum absolute atomic E-state index is 0.409. The van der Waals surface area contributed by atoms with Gasteiger partial charge in [0.15, 0.2) is 0 Å². The molecule has 18 heavy (non-hydrogen) atoms. The standard InChI is InChI=1S/C11H13F3O3S/c1-18(15,16)17-10(7-8-11(12,13)14)9-5-3-2-4-6-9/h2-6,10H,7-8H2,1H3. The van der Waals surface area contributed by atoms with Crippen molar-refractivity contribution in [2.45, 2.75) is 25.1 Å². The zero-order chi connectivity index (χ0) is 13.8. The predicted octanol–water partition coefficient (Wildman–Crippen LogP) is 3.05. The predicted molar refractivity (Wildman–Crippen MR) is 60.4 cm³/mol. The molecule has 0 heterocycles. The molecule has 1 atom stereocenters. The summed E-state index contributed by atoms with van der Waals surface area (Å²) in [6, 6.07) is 7.98.